The highest BCUT2D eigenvalue weighted by Gasteiger charge is 2.22. The number of nitrogens with zero attached hydrogens (tertiary/aromatic N) is 1. The van der Waals surface area contributed by atoms with Gasteiger partial charge in [0, 0.05) is 5.56 Å². The number of hydrogen-bond acceptors (Lipinski definition) is 3. The molecule has 4 nitrogen and oxygen atoms in total. The molecule has 0 radical (unpaired) electrons. The van der Waals surface area contributed by atoms with Crippen LogP contribution in [0, 0.1) is 0 Å². The lowest BCUT2D eigenvalue weighted by Crippen LogP contribution is -2.22. The van der Waals surface area contributed by atoms with E-state index in [1.807, 2.05) is 6.21 Å². The molecule has 1 aromatic rings. The molecule has 88 valence electrons. The second-order valence-electron chi connectivity index (χ2n) is 3.95. The van der Waals surface area contributed by atoms with Crippen LogP contribution in [0.4, 0.5) is 5.69 Å². The molecule has 1 atom stereocenters. The second kappa shape index (κ2) is 5.39. The van der Waals surface area contributed by atoms with Crippen molar-refractivity contribution in [2.45, 2.75) is 25.3 Å². The highest BCUT2D eigenvalue weighted by molar-refractivity contribution is 6.06. The van der Waals surface area contributed by atoms with E-state index in [4.69, 9.17) is 0 Å². The van der Waals surface area contributed by atoms with E-state index in [9.17, 15) is 9.59 Å². The average molecular weight is 230 g/mol. The van der Waals surface area contributed by atoms with Gasteiger partial charge in [0.05, 0.1) is 5.69 Å². The van der Waals surface area contributed by atoms with Gasteiger partial charge in [-0.25, -0.2) is 0 Å². The second-order valence-corrected chi connectivity index (χ2v) is 3.95. The van der Waals surface area contributed by atoms with Crippen LogP contribution in [0.15, 0.2) is 29.3 Å². The predicted octanol–water partition coefficient (Wildman–Crippen LogP) is 2.06. The number of para-hydroxylation sites is 1. The zero-order valence-electron chi connectivity index (χ0n) is 9.43. The molecular weight excluding hydrogens is 216 g/mol. The lowest BCUT2D eigenvalue weighted by atomic mass is 9.97. The summed E-state index contributed by atoms with van der Waals surface area (Å²) in [7, 11) is 0. The zero-order valence-corrected chi connectivity index (χ0v) is 9.43. The first kappa shape index (κ1) is 11.5. The van der Waals surface area contributed by atoms with E-state index in [1.54, 1.807) is 24.3 Å². The molecule has 0 fully saturated rings. The molecule has 0 spiro atoms. The summed E-state index contributed by atoms with van der Waals surface area (Å²) < 4.78 is 0. The van der Waals surface area contributed by atoms with Crippen LogP contribution in [0.25, 0.3) is 0 Å². The zero-order chi connectivity index (χ0) is 12.1. The summed E-state index contributed by atoms with van der Waals surface area (Å²) in [6.07, 6.45) is 5.10. The minimum absolute atomic E-state index is 0.0223. The van der Waals surface area contributed by atoms with Crippen molar-refractivity contribution in [3.63, 3.8) is 0 Å². The molecule has 0 saturated carbocycles. The molecule has 1 unspecified atom stereocenters. The van der Waals surface area contributed by atoms with Crippen LogP contribution in [0.5, 0.6) is 0 Å². The van der Waals surface area contributed by atoms with E-state index in [-0.39, 0.29) is 11.8 Å². The Hall–Kier alpha value is -1.97. The minimum atomic E-state index is -0.293. The van der Waals surface area contributed by atoms with Crippen molar-refractivity contribution in [2.75, 3.05) is 5.32 Å². The lowest BCUT2D eigenvalue weighted by Gasteiger charge is -2.16. The van der Waals surface area contributed by atoms with Gasteiger partial charge in [0.25, 0.3) is 0 Å². The summed E-state index contributed by atoms with van der Waals surface area (Å²) >= 11 is 0. The number of benzene rings is 1. The molecule has 0 aromatic heterocycles. The molecule has 0 aliphatic carbocycles. The van der Waals surface area contributed by atoms with Gasteiger partial charge in [0.2, 0.25) is 6.41 Å². The molecule has 1 amide bonds. The summed E-state index contributed by atoms with van der Waals surface area (Å²) in [5.41, 5.74) is 1.08. The Bertz CT molecular complexity index is 454. The Labute approximate surface area is 99.7 Å². The normalized spacial score (nSPS) is 18.7. The molecule has 0 saturated heterocycles. The van der Waals surface area contributed by atoms with Crippen molar-refractivity contribution < 1.29 is 9.59 Å². The fraction of sp³-hybridized carbons (Fsp3) is 0.308. The number of carbonyl (C=O) groups is 2. The van der Waals surface area contributed by atoms with Crippen molar-refractivity contribution in [1.82, 2.24) is 0 Å². The molecule has 2 rings (SSSR count). The molecule has 1 heterocycles. The fourth-order valence-corrected chi connectivity index (χ4v) is 1.94. The van der Waals surface area contributed by atoms with Gasteiger partial charge < -0.3 is 5.32 Å². The Morgan fingerprint density at radius 3 is 2.94 bits per heavy atom. The van der Waals surface area contributed by atoms with Gasteiger partial charge in [-0.05, 0) is 37.6 Å². The van der Waals surface area contributed by atoms with Crippen molar-refractivity contribution in [2.24, 2.45) is 4.99 Å². The quantitative estimate of drug-likeness (QED) is 0.635. The van der Waals surface area contributed by atoms with E-state index in [0.29, 0.717) is 17.7 Å². The topological polar surface area (TPSA) is 58.5 Å². The summed E-state index contributed by atoms with van der Waals surface area (Å²) in [6.45, 7) is 0. The number of amides is 1. The fourth-order valence-electron chi connectivity index (χ4n) is 1.94. The van der Waals surface area contributed by atoms with E-state index >= 15 is 0 Å². The van der Waals surface area contributed by atoms with Gasteiger partial charge in [-0.15, -0.1) is 0 Å². The summed E-state index contributed by atoms with van der Waals surface area (Å²) in [4.78, 5) is 26.9. The third-order valence-electron chi connectivity index (χ3n) is 2.81. The molecule has 17 heavy (non-hydrogen) atoms. The summed E-state index contributed by atoms with van der Waals surface area (Å²) in [6, 6.07) is 6.72. The Kier molecular flexibility index (Phi) is 3.65. The van der Waals surface area contributed by atoms with Crippen LogP contribution in [0.2, 0.25) is 0 Å². The van der Waals surface area contributed by atoms with Gasteiger partial charge in [-0.2, -0.15) is 0 Å². The SMILES string of the molecule is O=CNc1ccccc1C(=O)C1CCCC=N1. The van der Waals surface area contributed by atoms with E-state index < -0.39 is 0 Å². The van der Waals surface area contributed by atoms with Crippen LogP contribution in [-0.4, -0.2) is 24.4 Å². The van der Waals surface area contributed by atoms with Crippen LogP contribution in [-0.2, 0) is 4.79 Å². The number of anilines is 1. The number of rotatable bonds is 4. The molecule has 4 heteroatoms. The number of carbonyl (C=O) groups excluding carboxylic acids is 2. The minimum Gasteiger partial charge on any atom is -0.328 e. The highest BCUT2D eigenvalue weighted by atomic mass is 16.1. The molecule has 1 N–H and O–H groups in total. The van der Waals surface area contributed by atoms with E-state index in [1.165, 1.54) is 0 Å². The molecule has 1 aliphatic heterocycles. The molecule has 0 bridgehead atoms. The van der Waals surface area contributed by atoms with Crippen molar-refractivity contribution >= 4 is 24.1 Å². The Balaban J connectivity index is 2.26. The van der Waals surface area contributed by atoms with Crippen molar-refractivity contribution in [3.8, 4) is 0 Å². The summed E-state index contributed by atoms with van der Waals surface area (Å²) in [5.74, 6) is -0.0223. The van der Waals surface area contributed by atoms with Crippen molar-refractivity contribution in [1.29, 1.82) is 0 Å². The standard InChI is InChI=1S/C13H14N2O2/c16-9-15-11-6-2-1-5-10(11)13(17)12-7-3-4-8-14-12/h1-2,5-6,8-9,12H,3-4,7H2,(H,15,16). The van der Waals surface area contributed by atoms with Gasteiger partial charge in [-0.3, -0.25) is 14.6 Å². The monoisotopic (exact) mass is 230 g/mol. The van der Waals surface area contributed by atoms with Crippen molar-refractivity contribution in [3.05, 3.63) is 29.8 Å². The number of Topliss-reactive ketones (excluding diaryl/α,β-unsaturated/α-hetero) is 1. The van der Waals surface area contributed by atoms with Crippen LogP contribution < -0.4 is 5.32 Å². The number of ketones is 1. The average Bonchev–Trinajstić information content (AvgIpc) is 2.40. The van der Waals surface area contributed by atoms with Crippen LogP contribution >= 0.6 is 0 Å². The first-order chi connectivity index (χ1) is 8.33. The largest absolute Gasteiger partial charge is 0.328 e. The number of hydrogen-bond donors (Lipinski definition) is 1. The maximum atomic E-state index is 12.2. The van der Waals surface area contributed by atoms with Gasteiger partial charge >= 0.3 is 0 Å². The third-order valence-corrected chi connectivity index (χ3v) is 2.81. The maximum Gasteiger partial charge on any atom is 0.211 e. The van der Waals surface area contributed by atoms with Gasteiger partial charge in [0.15, 0.2) is 5.78 Å². The molecule has 1 aromatic carbocycles. The highest BCUT2D eigenvalue weighted by Crippen LogP contribution is 2.21. The lowest BCUT2D eigenvalue weighted by molar-refractivity contribution is -0.105. The van der Waals surface area contributed by atoms with Crippen LogP contribution in [0.1, 0.15) is 29.6 Å². The van der Waals surface area contributed by atoms with Gasteiger partial charge in [-0.1, -0.05) is 12.1 Å². The first-order valence-electron chi connectivity index (χ1n) is 5.68. The first-order valence-corrected chi connectivity index (χ1v) is 5.68. The number of aliphatic imine (C=N–C) groups is 1. The van der Waals surface area contributed by atoms with E-state index in [2.05, 4.69) is 10.3 Å². The van der Waals surface area contributed by atoms with Gasteiger partial charge in [0.1, 0.15) is 6.04 Å². The van der Waals surface area contributed by atoms with E-state index in [0.717, 1.165) is 19.3 Å². The molecule has 1 aliphatic rings. The number of nitrogens with one attached hydrogen (secondary N) is 1. The Morgan fingerprint density at radius 1 is 1.41 bits per heavy atom. The molecular formula is C13H14N2O2. The summed E-state index contributed by atoms with van der Waals surface area (Å²) in [5, 5.41) is 2.54. The predicted molar refractivity (Wildman–Crippen MR) is 66.6 cm³/mol. The maximum absolute atomic E-state index is 12.2. The Morgan fingerprint density at radius 2 is 2.24 bits per heavy atom. The van der Waals surface area contributed by atoms with Crippen LogP contribution in [0.3, 0.4) is 0 Å². The smallest absolute Gasteiger partial charge is 0.211 e. The third kappa shape index (κ3) is 2.58.